The molecule has 156 valence electrons. The summed E-state index contributed by atoms with van der Waals surface area (Å²) in [6.07, 6.45) is 1.19. The van der Waals surface area contributed by atoms with Crippen LogP contribution in [0, 0.1) is 0 Å². The molecule has 9 heteroatoms. The molecular weight excluding hydrogens is 376 g/mol. The zero-order chi connectivity index (χ0) is 20.5. The van der Waals surface area contributed by atoms with Gasteiger partial charge in [0.1, 0.15) is 6.61 Å². The van der Waals surface area contributed by atoms with E-state index in [9.17, 15) is 14.4 Å². The predicted molar refractivity (Wildman–Crippen MR) is 103 cm³/mol. The smallest absolute Gasteiger partial charge is 0.267 e. The fourth-order valence-corrected chi connectivity index (χ4v) is 4.46. The second kappa shape index (κ2) is 7.90. The van der Waals surface area contributed by atoms with E-state index in [1.807, 2.05) is 28.0 Å². The van der Waals surface area contributed by atoms with Crippen molar-refractivity contribution in [1.29, 1.82) is 0 Å². The number of hydrogen-bond donors (Lipinski definition) is 2. The molecule has 3 amide bonds. The van der Waals surface area contributed by atoms with E-state index >= 15 is 0 Å². The lowest BCUT2D eigenvalue weighted by Crippen LogP contribution is -2.49. The van der Waals surface area contributed by atoms with Gasteiger partial charge in [-0.1, -0.05) is 12.1 Å². The van der Waals surface area contributed by atoms with Gasteiger partial charge in [0.25, 0.3) is 5.91 Å². The molecule has 4 rings (SSSR count). The molecule has 0 saturated carbocycles. The van der Waals surface area contributed by atoms with E-state index in [1.165, 1.54) is 0 Å². The van der Waals surface area contributed by atoms with Gasteiger partial charge >= 0.3 is 0 Å². The quantitative estimate of drug-likeness (QED) is 0.691. The van der Waals surface area contributed by atoms with E-state index in [2.05, 4.69) is 0 Å². The number of carbonyl (C=O) groups excluding carboxylic acids is 3. The Balaban J connectivity index is 1.36. The Kier molecular flexibility index (Phi) is 5.31. The zero-order valence-electron chi connectivity index (χ0n) is 16.2. The van der Waals surface area contributed by atoms with Crippen molar-refractivity contribution in [3.05, 3.63) is 24.3 Å². The van der Waals surface area contributed by atoms with Crippen LogP contribution in [0.4, 0.5) is 0 Å². The highest BCUT2D eigenvalue weighted by molar-refractivity contribution is 5.84. The minimum absolute atomic E-state index is 0.00644. The highest BCUT2D eigenvalue weighted by Crippen LogP contribution is 2.35. The van der Waals surface area contributed by atoms with E-state index < -0.39 is 18.1 Å². The molecule has 2 saturated heterocycles. The van der Waals surface area contributed by atoms with Crippen LogP contribution >= 0.6 is 0 Å². The fraction of sp³-hybridized carbons (Fsp3) is 0.550. The average Bonchev–Trinajstić information content (AvgIpc) is 3.33. The first-order valence-electron chi connectivity index (χ1n) is 9.99. The third-order valence-electron chi connectivity index (χ3n) is 6.00. The maximum absolute atomic E-state index is 13.1. The molecule has 3 heterocycles. The monoisotopic (exact) mass is 402 g/mol. The molecule has 3 aliphatic heterocycles. The summed E-state index contributed by atoms with van der Waals surface area (Å²) in [6, 6.07) is 6.46. The number of ether oxygens (including phenoxy) is 2. The van der Waals surface area contributed by atoms with Crippen molar-refractivity contribution in [2.75, 3.05) is 19.7 Å². The topological polar surface area (TPSA) is 128 Å². The van der Waals surface area contributed by atoms with Crippen molar-refractivity contribution >= 4 is 17.7 Å². The molecule has 1 aromatic carbocycles. The van der Waals surface area contributed by atoms with Crippen LogP contribution in [0.2, 0.25) is 0 Å². The van der Waals surface area contributed by atoms with Crippen LogP contribution in [-0.4, -0.2) is 71.4 Å². The molecular formula is C20H26N4O5. The number of fused-ring (bicyclic) bond motifs is 2. The summed E-state index contributed by atoms with van der Waals surface area (Å²) < 4.78 is 11.5. The van der Waals surface area contributed by atoms with Crippen molar-refractivity contribution in [1.82, 2.24) is 9.80 Å². The number of likely N-dealkylation sites (tertiary alicyclic amines) is 2. The van der Waals surface area contributed by atoms with Crippen LogP contribution < -0.4 is 20.9 Å². The molecule has 29 heavy (non-hydrogen) atoms. The second-order valence-corrected chi connectivity index (χ2v) is 7.74. The molecule has 1 unspecified atom stereocenters. The lowest BCUT2D eigenvalue weighted by molar-refractivity contribution is -0.142. The van der Waals surface area contributed by atoms with Crippen LogP contribution in [-0.2, 0) is 14.4 Å². The minimum Gasteiger partial charge on any atom is -0.485 e. The Bertz CT molecular complexity index is 816. The minimum atomic E-state index is -0.815. The molecule has 4 N–H and O–H groups in total. The Labute approximate surface area is 168 Å². The molecule has 0 aliphatic carbocycles. The maximum atomic E-state index is 13.1. The van der Waals surface area contributed by atoms with Gasteiger partial charge in [0.2, 0.25) is 17.9 Å². The summed E-state index contributed by atoms with van der Waals surface area (Å²) in [5.41, 5.74) is 10.8. The van der Waals surface area contributed by atoms with E-state index in [4.69, 9.17) is 20.9 Å². The molecule has 9 nitrogen and oxygen atoms in total. The first-order chi connectivity index (χ1) is 14.0. The van der Waals surface area contributed by atoms with Crippen molar-refractivity contribution in [2.45, 2.75) is 49.9 Å². The number of rotatable bonds is 5. The number of nitrogens with zero attached hydrogens (tertiary/aromatic N) is 2. The summed E-state index contributed by atoms with van der Waals surface area (Å²) in [5.74, 6) is 0.460. The van der Waals surface area contributed by atoms with Crippen molar-refractivity contribution in [3.63, 3.8) is 0 Å². The Hall–Kier alpha value is -2.81. The van der Waals surface area contributed by atoms with Gasteiger partial charge in [-0.15, -0.1) is 0 Å². The van der Waals surface area contributed by atoms with Gasteiger partial charge in [0.05, 0.1) is 18.1 Å². The maximum Gasteiger partial charge on any atom is 0.267 e. The molecule has 0 spiro atoms. The number of hydrogen-bond acceptors (Lipinski definition) is 6. The number of nitrogens with two attached hydrogens (primary N) is 2. The summed E-state index contributed by atoms with van der Waals surface area (Å²) >= 11 is 0. The number of primary amides is 1. The van der Waals surface area contributed by atoms with E-state index in [-0.39, 0.29) is 43.3 Å². The lowest BCUT2D eigenvalue weighted by Gasteiger charge is -2.31. The first kappa shape index (κ1) is 19.5. The molecule has 4 atom stereocenters. The van der Waals surface area contributed by atoms with Gasteiger partial charge in [-0.2, -0.15) is 0 Å². The molecule has 0 aromatic heterocycles. The Morgan fingerprint density at radius 2 is 1.72 bits per heavy atom. The largest absolute Gasteiger partial charge is 0.485 e. The van der Waals surface area contributed by atoms with Crippen LogP contribution in [0.3, 0.4) is 0 Å². The van der Waals surface area contributed by atoms with Gasteiger partial charge in [0, 0.05) is 19.5 Å². The summed E-state index contributed by atoms with van der Waals surface area (Å²) in [5, 5.41) is 0. The highest BCUT2D eigenvalue weighted by atomic mass is 16.6. The van der Waals surface area contributed by atoms with Gasteiger partial charge < -0.3 is 30.7 Å². The van der Waals surface area contributed by atoms with Gasteiger partial charge in [0.15, 0.2) is 11.5 Å². The summed E-state index contributed by atoms with van der Waals surface area (Å²) in [4.78, 5) is 40.4. The van der Waals surface area contributed by atoms with E-state index in [1.54, 1.807) is 6.07 Å². The van der Waals surface area contributed by atoms with Gasteiger partial charge in [-0.05, 0) is 31.4 Å². The van der Waals surface area contributed by atoms with Crippen LogP contribution in [0.5, 0.6) is 11.5 Å². The lowest BCUT2D eigenvalue weighted by atomic mass is 10.1. The normalized spacial score (nSPS) is 26.2. The summed E-state index contributed by atoms with van der Waals surface area (Å²) in [6.45, 7) is 1.35. The van der Waals surface area contributed by atoms with Gasteiger partial charge in [-0.3, -0.25) is 14.4 Å². The van der Waals surface area contributed by atoms with Crippen molar-refractivity contribution in [3.8, 4) is 11.5 Å². The number of para-hydroxylation sites is 2. The van der Waals surface area contributed by atoms with E-state index in [0.717, 1.165) is 12.8 Å². The summed E-state index contributed by atoms with van der Waals surface area (Å²) in [7, 11) is 0. The third kappa shape index (κ3) is 3.74. The number of carbonyl (C=O) groups is 3. The third-order valence-corrected chi connectivity index (χ3v) is 6.00. The predicted octanol–water partition coefficient (Wildman–Crippen LogP) is -0.379. The van der Waals surface area contributed by atoms with Crippen LogP contribution in [0.25, 0.3) is 0 Å². The van der Waals surface area contributed by atoms with E-state index in [0.29, 0.717) is 24.6 Å². The average molecular weight is 402 g/mol. The zero-order valence-corrected chi connectivity index (χ0v) is 16.2. The molecule has 0 bridgehead atoms. The standard InChI is InChI=1S/C20H26N4O5/c21-12(19(22)26)5-6-18(25)23-9-7-14-13(23)8-10-24(14)20(27)17-11-28-15-3-1-2-4-16(15)29-17/h1-4,12-14,17H,5-11,21H2,(H2,22,26)/t12-,13+,14+,17?/m0/s1. The fourth-order valence-electron chi connectivity index (χ4n) is 4.46. The number of amides is 3. The Morgan fingerprint density at radius 3 is 2.45 bits per heavy atom. The van der Waals surface area contributed by atoms with Gasteiger partial charge in [-0.25, -0.2) is 0 Å². The van der Waals surface area contributed by atoms with Crippen LogP contribution in [0.1, 0.15) is 25.7 Å². The number of benzene rings is 1. The Morgan fingerprint density at radius 1 is 1.07 bits per heavy atom. The van der Waals surface area contributed by atoms with Crippen molar-refractivity contribution < 1.29 is 23.9 Å². The van der Waals surface area contributed by atoms with Crippen molar-refractivity contribution in [2.24, 2.45) is 11.5 Å². The highest BCUT2D eigenvalue weighted by Gasteiger charge is 2.47. The molecule has 3 aliphatic rings. The SMILES string of the molecule is NC(=O)[C@@H](N)CCC(=O)N1CC[C@@H]2[C@H]1CCN2C(=O)C1COc2ccccc2O1. The molecule has 0 radical (unpaired) electrons. The molecule has 1 aromatic rings. The first-order valence-corrected chi connectivity index (χ1v) is 9.99. The van der Waals surface area contributed by atoms with Crippen LogP contribution in [0.15, 0.2) is 24.3 Å². The molecule has 2 fully saturated rings. The second-order valence-electron chi connectivity index (χ2n) is 7.74.